The van der Waals surface area contributed by atoms with E-state index in [1.54, 1.807) is 53.4 Å². The van der Waals surface area contributed by atoms with Crippen molar-refractivity contribution in [3.8, 4) is 0 Å². The first kappa shape index (κ1) is 23.5. The lowest BCUT2D eigenvalue weighted by Crippen LogP contribution is -2.48. The first-order chi connectivity index (χ1) is 17.5. The Bertz CT molecular complexity index is 1280. The van der Waals surface area contributed by atoms with Gasteiger partial charge in [0.1, 0.15) is 6.04 Å². The summed E-state index contributed by atoms with van der Waals surface area (Å²) in [6.07, 6.45) is 3.17. The molecule has 0 bridgehead atoms. The fourth-order valence-corrected chi connectivity index (χ4v) is 4.89. The molecule has 2 aliphatic heterocycles. The van der Waals surface area contributed by atoms with Crippen molar-refractivity contribution < 1.29 is 19.2 Å². The number of hydrogen-bond acceptors (Lipinski definition) is 4. The number of fused-ring (bicyclic) bond motifs is 1. The zero-order valence-electron chi connectivity index (χ0n) is 19.9. The average Bonchev–Trinajstić information content (AvgIpc) is 3.18. The van der Waals surface area contributed by atoms with Crippen molar-refractivity contribution in [2.75, 3.05) is 18.4 Å². The lowest BCUT2D eigenvalue weighted by molar-refractivity contribution is -0.119. The monoisotopic (exact) mass is 481 g/mol. The molecule has 2 aliphatic rings. The van der Waals surface area contributed by atoms with Crippen molar-refractivity contribution in [2.45, 2.75) is 31.7 Å². The summed E-state index contributed by atoms with van der Waals surface area (Å²) in [4.78, 5) is 56.3. The van der Waals surface area contributed by atoms with Crippen molar-refractivity contribution in [1.82, 2.24) is 9.80 Å². The van der Waals surface area contributed by atoms with E-state index in [2.05, 4.69) is 5.32 Å². The Labute approximate surface area is 209 Å². The van der Waals surface area contributed by atoms with E-state index in [0.717, 1.165) is 29.7 Å². The minimum absolute atomic E-state index is 0.133. The second-order valence-corrected chi connectivity index (χ2v) is 9.12. The highest BCUT2D eigenvalue weighted by Crippen LogP contribution is 2.27. The molecule has 0 spiro atoms. The van der Waals surface area contributed by atoms with Gasteiger partial charge in [0.2, 0.25) is 5.91 Å². The van der Waals surface area contributed by atoms with Gasteiger partial charge in [-0.05, 0) is 49.1 Å². The fraction of sp³-hybridized carbons (Fsp3) is 0.241. The molecule has 7 heteroatoms. The molecule has 0 aromatic heterocycles. The fourth-order valence-electron chi connectivity index (χ4n) is 4.89. The second-order valence-electron chi connectivity index (χ2n) is 9.12. The number of piperidine rings is 1. The Morgan fingerprint density at radius 3 is 2.00 bits per heavy atom. The summed E-state index contributed by atoms with van der Waals surface area (Å²) in [6, 6.07) is 21.6. The zero-order chi connectivity index (χ0) is 25.1. The van der Waals surface area contributed by atoms with Crippen molar-refractivity contribution in [2.24, 2.45) is 0 Å². The highest BCUT2D eigenvalue weighted by atomic mass is 16.2. The second kappa shape index (κ2) is 10.2. The van der Waals surface area contributed by atoms with Crippen LogP contribution in [0.25, 0.3) is 0 Å². The van der Waals surface area contributed by atoms with Gasteiger partial charge in [0, 0.05) is 19.5 Å². The van der Waals surface area contributed by atoms with Crippen LogP contribution in [0.3, 0.4) is 0 Å². The number of anilines is 1. The van der Waals surface area contributed by atoms with Crippen LogP contribution in [0.2, 0.25) is 0 Å². The highest BCUT2D eigenvalue weighted by molar-refractivity contribution is 6.23. The number of nitrogens with zero attached hydrogens (tertiary/aromatic N) is 2. The predicted molar refractivity (Wildman–Crippen MR) is 136 cm³/mol. The number of para-hydroxylation sites is 1. The van der Waals surface area contributed by atoms with Gasteiger partial charge in [-0.1, -0.05) is 54.6 Å². The maximum absolute atomic E-state index is 13.7. The minimum atomic E-state index is -1.09. The Kier molecular flexibility index (Phi) is 6.62. The van der Waals surface area contributed by atoms with E-state index < -0.39 is 23.8 Å². The van der Waals surface area contributed by atoms with E-state index in [1.165, 1.54) is 0 Å². The molecule has 5 rings (SSSR count). The Morgan fingerprint density at radius 2 is 1.33 bits per heavy atom. The summed E-state index contributed by atoms with van der Waals surface area (Å²) in [5.41, 5.74) is 2.15. The average molecular weight is 482 g/mol. The van der Waals surface area contributed by atoms with Gasteiger partial charge in [0.15, 0.2) is 0 Å². The zero-order valence-corrected chi connectivity index (χ0v) is 19.9. The SMILES string of the molecule is O=C(Nc1ccccc1C(=O)N1CCCCC1)C(Cc1ccccc1)N1C(=O)c2ccccc2C1=O. The molecule has 3 aromatic rings. The first-order valence-corrected chi connectivity index (χ1v) is 12.2. The third-order valence-electron chi connectivity index (χ3n) is 6.77. The molecular weight excluding hydrogens is 454 g/mol. The summed E-state index contributed by atoms with van der Waals surface area (Å²) in [6.45, 7) is 1.37. The summed E-state index contributed by atoms with van der Waals surface area (Å²) < 4.78 is 0. The van der Waals surface area contributed by atoms with Gasteiger partial charge in [-0.15, -0.1) is 0 Å². The summed E-state index contributed by atoms with van der Waals surface area (Å²) in [5.74, 6) is -1.65. The van der Waals surface area contributed by atoms with Gasteiger partial charge < -0.3 is 10.2 Å². The molecule has 1 fully saturated rings. The summed E-state index contributed by atoms with van der Waals surface area (Å²) >= 11 is 0. The molecule has 3 aromatic carbocycles. The lowest BCUT2D eigenvalue weighted by Gasteiger charge is -2.28. The number of rotatable bonds is 6. The molecule has 1 atom stereocenters. The highest BCUT2D eigenvalue weighted by Gasteiger charge is 2.42. The van der Waals surface area contributed by atoms with Gasteiger partial charge in [-0.3, -0.25) is 24.1 Å². The number of hydrogen-bond donors (Lipinski definition) is 1. The molecule has 4 amide bonds. The van der Waals surface area contributed by atoms with E-state index in [9.17, 15) is 19.2 Å². The Balaban J connectivity index is 1.45. The van der Waals surface area contributed by atoms with Crippen molar-refractivity contribution >= 4 is 29.3 Å². The predicted octanol–water partition coefficient (Wildman–Crippen LogP) is 4.16. The van der Waals surface area contributed by atoms with Crippen molar-refractivity contribution in [3.05, 3.63) is 101 Å². The number of likely N-dealkylation sites (tertiary alicyclic amines) is 1. The van der Waals surface area contributed by atoms with Crippen LogP contribution >= 0.6 is 0 Å². The number of benzene rings is 3. The van der Waals surface area contributed by atoms with Crippen LogP contribution in [0.4, 0.5) is 5.69 Å². The van der Waals surface area contributed by atoms with Crippen LogP contribution in [0.5, 0.6) is 0 Å². The largest absolute Gasteiger partial charge is 0.339 e. The lowest BCUT2D eigenvalue weighted by atomic mass is 10.0. The van der Waals surface area contributed by atoms with Crippen LogP contribution < -0.4 is 5.32 Å². The topological polar surface area (TPSA) is 86.8 Å². The molecule has 182 valence electrons. The van der Waals surface area contributed by atoms with Crippen molar-refractivity contribution in [1.29, 1.82) is 0 Å². The standard InChI is InChI=1S/C29H27N3O4/c33-26(30-24-16-8-7-15-23(24)27(34)31-17-9-2-10-18-31)25(19-20-11-3-1-4-12-20)32-28(35)21-13-5-6-14-22(21)29(32)36/h1,3-8,11-16,25H,2,9-10,17-19H2,(H,30,33). The Morgan fingerprint density at radius 1 is 0.750 bits per heavy atom. The molecule has 36 heavy (non-hydrogen) atoms. The third-order valence-corrected chi connectivity index (χ3v) is 6.77. The number of carbonyl (C=O) groups excluding carboxylic acids is 4. The summed E-state index contributed by atoms with van der Waals surface area (Å²) in [5, 5.41) is 2.86. The van der Waals surface area contributed by atoms with Gasteiger partial charge in [-0.2, -0.15) is 0 Å². The smallest absolute Gasteiger partial charge is 0.262 e. The molecule has 0 radical (unpaired) electrons. The summed E-state index contributed by atoms with van der Waals surface area (Å²) in [7, 11) is 0. The van der Waals surface area contributed by atoms with E-state index in [1.807, 2.05) is 30.3 Å². The van der Waals surface area contributed by atoms with Gasteiger partial charge in [-0.25, -0.2) is 0 Å². The van der Waals surface area contributed by atoms with Gasteiger partial charge in [0.05, 0.1) is 22.4 Å². The molecule has 0 aliphatic carbocycles. The van der Waals surface area contributed by atoms with Crippen LogP contribution in [0.15, 0.2) is 78.9 Å². The van der Waals surface area contributed by atoms with E-state index in [-0.39, 0.29) is 23.5 Å². The van der Waals surface area contributed by atoms with Crippen LogP contribution in [0.1, 0.15) is 55.9 Å². The van der Waals surface area contributed by atoms with Crippen LogP contribution in [0, 0.1) is 0 Å². The molecule has 1 N–H and O–H groups in total. The molecule has 1 unspecified atom stereocenters. The molecular formula is C29H27N3O4. The van der Waals surface area contributed by atoms with E-state index in [0.29, 0.717) is 24.3 Å². The maximum Gasteiger partial charge on any atom is 0.262 e. The maximum atomic E-state index is 13.7. The van der Waals surface area contributed by atoms with E-state index in [4.69, 9.17) is 0 Å². The molecule has 2 heterocycles. The number of amides is 4. The van der Waals surface area contributed by atoms with Gasteiger partial charge >= 0.3 is 0 Å². The number of carbonyl (C=O) groups is 4. The van der Waals surface area contributed by atoms with Crippen LogP contribution in [-0.4, -0.2) is 52.6 Å². The number of imide groups is 1. The van der Waals surface area contributed by atoms with Crippen LogP contribution in [-0.2, 0) is 11.2 Å². The van der Waals surface area contributed by atoms with Crippen molar-refractivity contribution in [3.63, 3.8) is 0 Å². The quantitative estimate of drug-likeness (QED) is 0.536. The number of nitrogens with one attached hydrogen (secondary N) is 1. The van der Waals surface area contributed by atoms with Gasteiger partial charge in [0.25, 0.3) is 17.7 Å². The normalized spacial score (nSPS) is 16.0. The van der Waals surface area contributed by atoms with E-state index >= 15 is 0 Å². The first-order valence-electron chi connectivity index (χ1n) is 12.2. The molecule has 7 nitrogen and oxygen atoms in total. The Hall–Kier alpha value is -4.26. The minimum Gasteiger partial charge on any atom is -0.339 e. The molecule has 0 saturated carbocycles. The molecule has 1 saturated heterocycles. The third kappa shape index (κ3) is 4.52.